The number of thioether (sulfide) groups is 1. The summed E-state index contributed by atoms with van der Waals surface area (Å²) in [5.41, 5.74) is 1.36. The predicted octanol–water partition coefficient (Wildman–Crippen LogP) is 5.97. The van der Waals surface area contributed by atoms with Gasteiger partial charge in [-0.25, -0.2) is 0 Å². The summed E-state index contributed by atoms with van der Waals surface area (Å²) in [6.45, 7) is 7.08. The zero-order valence-electron chi connectivity index (χ0n) is 18.2. The molecule has 0 radical (unpaired) electrons. The molecule has 2 heterocycles. The van der Waals surface area contributed by atoms with Crippen LogP contribution in [0.3, 0.4) is 0 Å². The Morgan fingerprint density at radius 1 is 1.13 bits per heavy atom. The van der Waals surface area contributed by atoms with Gasteiger partial charge in [0, 0.05) is 28.9 Å². The number of ether oxygens (including phenoxy) is 1. The second-order valence-electron chi connectivity index (χ2n) is 9.08. The minimum absolute atomic E-state index is 0.334. The molecular weight excluding hydrogens is 460 g/mol. The largest absolute Gasteiger partial charge is 0.494 e. The molecule has 2 aliphatic heterocycles. The number of rotatable bonds is 7. The molecule has 1 saturated carbocycles. The maximum Gasteiger partial charge on any atom is 0.282 e. The summed E-state index contributed by atoms with van der Waals surface area (Å²) in [4.78, 5) is 17.3. The Hall–Kier alpha value is -0.720. The van der Waals surface area contributed by atoms with Crippen LogP contribution in [-0.2, 0) is 6.42 Å². The first-order chi connectivity index (χ1) is 14.6. The second kappa shape index (κ2) is 10.7. The van der Waals surface area contributed by atoms with Crippen molar-refractivity contribution in [1.82, 2.24) is 9.80 Å². The molecular formula is C24H35BrN2O2S. The Morgan fingerprint density at radius 2 is 1.90 bits per heavy atom. The number of likely N-dealkylation sites (tertiary alicyclic amines) is 1. The molecule has 6 heteroatoms. The van der Waals surface area contributed by atoms with Crippen molar-refractivity contribution in [1.29, 1.82) is 0 Å². The molecule has 1 unspecified atom stereocenters. The average molecular weight is 496 g/mol. The highest BCUT2D eigenvalue weighted by molar-refractivity contribution is 9.10. The van der Waals surface area contributed by atoms with E-state index in [0.717, 1.165) is 44.3 Å². The van der Waals surface area contributed by atoms with Crippen molar-refractivity contribution in [3.05, 3.63) is 28.2 Å². The number of carbonyl (C=O) groups excluding carboxylic acids is 1. The molecule has 1 atom stereocenters. The van der Waals surface area contributed by atoms with Crippen LogP contribution in [0.5, 0.6) is 5.75 Å². The lowest BCUT2D eigenvalue weighted by Gasteiger charge is -2.34. The van der Waals surface area contributed by atoms with E-state index < -0.39 is 0 Å². The number of halogens is 1. The third-order valence-corrected chi connectivity index (χ3v) is 8.76. The molecule has 166 valence electrons. The van der Waals surface area contributed by atoms with Crippen LogP contribution in [0.25, 0.3) is 0 Å². The molecule has 1 aromatic carbocycles. The first-order valence-electron chi connectivity index (χ1n) is 11.7. The Labute approximate surface area is 194 Å². The molecule has 4 rings (SSSR count). The van der Waals surface area contributed by atoms with Gasteiger partial charge in [0.1, 0.15) is 5.75 Å². The molecule has 2 saturated heterocycles. The Morgan fingerprint density at radius 3 is 2.63 bits per heavy atom. The molecule has 1 amide bonds. The quantitative estimate of drug-likeness (QED) is 0.467. The van der Waals surface area contributed by atoms with Gasteiger partial charge in [-0.05, 0) is 81.8 Å². The van der Waals surface area contributed by atoms with Crippen molar-refractivity contribution in [2.24, 2.45) is 5.92 Å². The minimum atomic E-state index is 0.334. The summed E-state index contributed by atoms with van der Waals surface area (Å²) in [7, 11) is 0. The van der Waals surface area contributed by atoms with E-state index in [1.54, 1.807) is 11.8 Å². The van der Waals surface area contributed by atoms with Gasteiger partial charge >= 0.3 is 0 Å². The molecule has 30 heavy (non-hydrogen) atoms. The van der Waals surface area contributed by atoms with Crippen molar-refractivity contribution in [2.75, 3.05) is 32.8 Å². The van der Waals surface area contributed by atoms with E-state index in [9.17, 15) is 4.79 Å². The van der Waals surface area contributed by atoms with E-state index in [2.05, 4.69) is 37.9 Å². The molecule has 0 aromatic heterocycles. The van der Waals surface area contributed by atoms with Crippen LogP contribution in [0.4, 0.5) is 4.79 Å². The highest BCUT2D eigenvalue weighted by Crippen LogP contribution is 2.34. The molecule has 3 aliphatic rings. The zero-order chi connectivity index (χ0) is 20.9. The SMILES string of the molecule is CCOc1ccc(Br)c(CC2CCN(CC3CN(C4CCCCC4)C(=O)S3)CC2)c1. The number of piperidine rings is 1. The molecule has 0 bridgehead atoms. The van der Waals surface area contributed by atoms with E-state index in [4.69, 9.17) is 4.74 Å². The lowest BCUT2D eigenvalue weighted by Crippen LogP contribution is -2.41. The Balaban J connectivity index is 1.23. The summed E-state index contributed by atoms with van der Waals surface area (Å²) >= 11 is 5.31. The maximum absolute atomic E-state index is 12.5. The van der Waals surface area contributed by atoms with Gasteiger partial charge in [-0.3, -0.25) is 4.79 Å². The highest BCUT2D eigenvalue weighted by atomic mass is 79.9. The van der Waals surface area contributed by atoms with Crippen molar-refractivity contribution in [3.8, 4) is 5.75 Å². The van der Waals surface area contributed by atoms with Gasteiger partial charge in [0.05, 0.1) is 6.61 Å². The number of hydrogen-bond acceptors (Lipinski definition) is 4. The van der Waals surface area contributed by atoms with Crippen LogP contribution in [0.1, 0.15) is 57.4 Å². The summed E-state index contributed by atoms with van der Waals surface area (Å²) < 4.78 is 6.87. The van der Waals surface area contributed by atoms with Crippen LogP contribution in [0.2, 0.25) is 0 Å². The fourth-order valence-electron chi connectivity index (χ4n) is 5.26. The first kappa shape index (κ1) is 22.5. The van der Waals surface area contributed by atoms with Gasteiger partial charge in [0.2, 0.25) is 0 Å². The fourth-order valence-corrected chi connectivity index (χ4v) is 6.84. The number of nitrogens with zero attached hydrogens (tertiary/aromatic N) is 2. The van der Waals surface area contributed by atoms with E-state index in [0.29, 0.717) is 23.1 Å². The van der Waals surface area contributed by atoms with Crippen LogP contribution in [0.15, 0.2) is 22.7 Å². The summed E-state index contributed by atoms with van der Waals surface area (Å²) in [6, 6.07) is 6.86. The van der Waals surface area contributed by atoms with Crippen LogP contribution >= 0.6 is 27.7 Å². The Kier molecular flexibility index (Phi) is 8.04. The number of amides is 1. The van der Waals surface area contributed by atoms with Gasteiger partial charge in [0.15, 0.2) is 0 Å². The second-order valence-corrected chi connectivity index (χ2v) is 11.2. The maximum atomic E-state index is 12.5. The van der Waals surface area contributed by atoms with Gasteiger partial charge in [-0.1, -0.05) is 47.0 Å². The standard InChI is InChI=1S/C24H35BrN2O2S/c1-2-29-21-8-9-23(25)19(15-21)14-18-10-12-26(13-11-18)16-22-17-27(24(28)30-22)20-6-4-3-5-7-20/h8-9,15,18,20,22H,2-7,10-14,16-17H2,1H3. The van der Waals surface area contributed by atoms with Crippen LogP contribution in [-0.4, -0.2) is 59.1 Å². The van der Waals surface area contributed by atoms with Crippen molar-refractivity contribution in [2.45, 2.75) is 69.6 Å². The first-order valence-corrected chi connectivity index (χ1v) is 13.4. The van der Waals surface area contributed by atoms with Crippen molar-refractivity contribution >= 4 is 32.9 Å². The number of carbonyl (C=O) groups is 1. The van der Waals surface area contributed by atoms with Crippen LogP contribution < -0.4 is 4.74 Å². The lowest BCUT2D eigenvalue weighted by atomic mass is 9.90. The van der Waals surface area contributed by atoms with E-state index in [1.165, 1.54) is 55.0 Å². The highest BCUT2D eigenvalue weighted by Gasteiger charge is 2.36. The summed E-state index contributed by atoms with van der Waals surface area (Å²) in [5, 5.41) is 0.786. The zero-order valence-corrected chi connectivity index (χ0v) is 20.6. The van der Waals surface area contributed by atoms with E-state index in [-0.39, 0.29) is 0 Å². The van der Waals surface area contributed by atoms with Crippen LogP contribution in [0, 0.1) is 5.92 Å². The minimum Gasteiger partial charge on any atom is -0.494 e. The summed E-state index contributed by atoms with van der Waals surface area (Å²) in [5.74, 6) is 1.70. The number of benzene rings is 1. The molecule has 1 aromatic rings. The molecule has 0 N–H and O–H groups in total. The van der Waals surface area contributed by atoms with E-state index in [1.807, 2.05) is 13.0 Å². The van der Waals surface area contributed by atoms with Gasteiger partial charge < -0.3 is 14.5 Å². The monoisotopic (exact) mass is 494 g/mol. The topological polar surface area (TPSA) is 32.8 Å². The average Bonchev–Trinajstić information content (AvgIpc) is 3.13. The molecule has 3 fully saturated rings. The third-order valence-electron chi connectivity index (χ3n) is 6.92. The van der Waals surface area contributed by atoms with Crippen molar-refractivity contribution in [3.63, 3.8) is 0 Å². The third kappa shape index (κ3) is 5.74. The lowest BCUT2D eigenvalue weighted by molar-refractivity contribution is 0.164. The van der Waals surface area contributed by atoms with Gasteiger partial charge in [-0.15, -0.1) is 0 Å². The van der Waals surface area contributed by atoms with Gasteiger partial charge in [0.25, 0.3) is 5.24 Å². The Bertz CT molecular complexity index is 717. The predicted molar refractivity (Wildman–Crippen MR) is 129 cm³/mol. The smallest absolute Gasteiger partial charge is 0.282 e. The normalized spacial score (nSPS) is 24.5. The van der Waals surface area contributed by atoms with Crippen molar-refractivity contribution < 1.29 is 9.53 Å². The van der Waals surface area contributed by atoms with E-state index >= 15 is 0 Å². The fraction of sp³-hybridized carbons (Fsp3) is 0.708. The summed E-state index contributed by atoms with van der Waals surface area (Å²) in [6.07, 6.45) is 9.95. The molecule has 0 spiro atoms. The van der Waals surface area contributed by atoms with Gasteiger partial charge in [-0.2, -0.15) is 0 Å². The molecule has 4 nitrogen and oxygen atoms in total. The molecule has 1 aliphatic carbocycles. The number of hydrogen-bond donors (Lipinski definition) is 0.